The average molecular weight is 238 g/mol. The maximum Gasteiger partial charge on any atom is 0.254 e. The maximum atomic E-state index is 11.8. The van der Waals surface area contributed by atoms with Gasteiger partial charge in [0, 0.05) is 12.6 Å². The van der Waals surface area contributed by atoms with Gasteiger partial charge in [0.2, 0.25) is 5.91 Å². The predicted molar refractivity (Wildman–Crippen MR) is 60.8 cm³/mol. The molecule has 0 radical (unpaired) electrons. The molecular formula is C11H14N2O4. The zero-order valence-corrected chi connectivity index (χ0v) is 9.64. The highest BCUT2D eigenvalue weighted by atomic mass is 16.5. The molecule has 1 aromatic carbocycles. The minimum absolute atomic E-state index is 0.0541. The van der Waals surface area contributed by atoms with Crippen molar-refractivity contribution >= 4 is 11.8 Å². The summed E-state index contributed by atoms with van der Waals surface area (Å²) in [5.41, 5.74) is 5.30. The van der Waals surface area contributed by atoms with Gasteiger partial charge in [0.15, 0.2) is 11.5 Å². The second-order valence-corrected chi connectivity index (χ2v) is 3.51. The van der Waals surface area contributed by atoms with Crippen molar-refractivity contribution in [1.82, 2.24) is 4.90 Å². The molecule has 0 atom stereocenters. The molecule has 0 aliphatic heterocycles. The lowest BCUT2D eigenvalue weighted by Crippen LogP contribution is -2.35. The summed E-state index contributed by atoms with van der Waals surface area (Å²) in [5, 5.41) is 9.38. The molecule has 0 aliphatic rings. The topological polar surface area (TPSA) is 92.9 Å². The van der Waals surface area contributed by atoms with Crippen LogP contribution in [0.15, 0.2) is 18.2 Å². The van der Waals surface area contributed by atoms with Crippen molar-refractivity contribution in [3.63, 3.8) is 0 Å². The molecule has 0 saturated carbocycles. The van der Waals surface area contributed by atoms with Crippen LogP contribution >= 0.6 is 0 Å². The predicted octanol–water partition coefficient (Wildman–Crippen LogP) is -0.0419. The van der Waals surface area contributed by atoms with Gasteiger partial charge in [-0.25, -0.2) is 0 Å². The summed E-state index contributed by atoms with van der Waals surface area (Å²) in [5.74, 6) is -0.821. The summed E-state index contributed by atoms with van der Waals surface area (Å²) >= 11 is 0. The highest BCUT2D eigenvalue weighted by molar-refractivity contribution is 5.96. The lowest BCUT2D eigenvalue weighted by molar-refractivity contribution is -0.118. The Morgan fingerprint density at radius 2 is 2.12 bits per heavy atom. The third-order valence-corrected chi connectivity index (χ3v) is 2.17. The first-order valence-electron chi connectivity index (χ1n) is 4.86. The number of methoxy groups -OCH3 is 1. The van der Waals surface area contributed by atoms with E-state index in [-0.39, 0.29) is 24.0 Å². The van der Waals surface area contributed by atoms with Gasteiger partial charge >= 0.3 is 0 Å². The molecule has 0 saturated heterocycles. The van der Waals surface area contributed by atoms with Crippen LogP contribution < -0.4 is 10.5 Å². The maximum absolute atomic E-state index is 11.8. The van der Waals surface area contributed by atoms with E-state index in [1.54, 1.807) is 0 Å². The van der Waals surface area contributed by atoms with Crippen molar-refractivity contribution in [2.75, 3.05) is 20.7 Å². The number of amides is 2. The van der Waals surface area contributed by atoms with Crippen LogP contribution in [0.25, 0.3) is 0 Å². The summed E-state index contributed by atoms with van der Waals surface area (Å²) in [6.07, 6.45) is 0. The molecule has 0 aromatic heterocycles. The van der Waals surface area contributed by atoms with E-state index in [2.05, 4.69) is 0 Å². The summed E-state index contributed by atoms with van der Waals surface area (Å²) in [6.45, 7) is -0.165. The van der Waals surface area contributed by atoms with Crippen molar-refractivity contribution in [3.05, 3.63) is 23.8 Å². The Morgan fingerprint density at radius 3 is 2.65 bits per heavy atom. The Bertz CT molecular complexity index is 445. The van der Waals surface area contributed by atoms with Crippen molar-refractivity contribution in [1.29, 1.82) is 0 Å². The van der Waals surface area contributed by atoms with Gasteiger partial charge < -0.3 is 20.5 Å². The van der Waals surface area contributed by atoms with Crippen LogP contribution in [0, 0.1) is 0 Å². The Labute approximate surface area is 98.6 Å². The number of carbonyl (C=O) groups excluding carboxylic acids is 2. The number of benzene rings is 1. The Kier molecular flexibility index (Phi) is 3.92. The highest BCUT2D eigenvalue weighted by Crippen LogP contribution is 2.26. The smallest absolute Gasteiger partial charge is 0.254 e. The normalized spacial score (nSPS) is 9.76. The van der Waals surface area contributed by atoms with Crippen molar-refractivity contribution < 1.29 is 19.4 Å². The number of likely N-dealkylation sites (N-methyl/N-ethyl adjacent to an activating group) is 1. The van der Waals surface area contributed by atoms with Crippen molar-refractivity contribution in [3.8, 4) is 11.5 Å². The van der Waals surface area contributed by atoms with Crippen molar-refractivity contribution in [2.45, 2.75) is 0 Å². The average Bonchev–Trinajstić information content (AvgIpc) is 2.27. The zero-order valence-electron chi connectivity index (χ0n) is 9.64. The van der Waals surface area contributed by atoms with E-state index in [0.29, 0.717) is 5.56 Å². The van der Waals surface area contributed by atoms with Gasteiger partial charge in [0.05, 0.1) is 13.7 Å². The van der Waals surface area contributed by atoms with E-state index in [1.807, 2.05) is 0 Å². The highest BCUT2D eigenvalue weighted by Gasteiger charge is 2.15. The number of carbonyl (C=O) groups is 2. The number of primary amides is 1. The number of ether oxygens (including phenoxy) is 1. The van der Waals surface area contributed by atoms with Gasteiger partial charge in [-0.2, -0.15) is 0 Å². The van der Waals surface area contributed by atoms with E-state index in [9.17, 15) is 14.7 Å². The lowest BCUT2D eigenvalue weighted by Gasteiger charge is -2.15. The van der Waals surface area contributed by atoms with Crippen LogP contribution in [0.1, 0.15) is 10.4 Å². The van der Waals surface area contributed by atoms with Gasteiger partial charge in [-0.3, -0.25) is 9.59 Å². The summed E-state index contributed by atoms with van der Waals surface area (Å²) < 4.78 is 4.88. The fourth-order valence-electron chi connectivity index (χ4n) is 1.34. The van der Waals surface area contributed by atoms with Crippen LogP contribution in [0.2, 0.25) is 0 Å². The van der Waals surface area contributed by atoms with Gasteiger partial charge in [0.25, 0.3) is 5.91 Å². The van der Waals surface area contributed by atoms with Crippen LogP contribution in [0.3, 0.4) is 0 Å². The lowest BCUT2D eigenvalue weighted by atomic mass is 10.2. The van der Waals surface area contributed by atoms with Crippen molar-refractivity contribution in [2.24, 2.45) is 5.73 Å². The number of phenols is 1. The summed E-state index contributed by atoms with van der Waals surface area (Å²) in [4.78, 5) is 23.7. The molecule has 0 fully saturated rings. The molecule has 2 amide bonds. The Balaban J connectivity index is 2.92. The monoisotopic (exact) mass is 238 g/mol. The standard InChI is InChI=1S/C11H14N2O4/c1-13(6-10(12)15)11(16)7-3-4-8(14)9(5-7)17-2/h3-5,14H,6H2,1-2H3,(H2,12,15). The molecule has 6 heteroatoms. The number of hydrogen-bond donors (Lipinski definition) is 2. The van der Waals surface area contributed by atoms with E-state index >= 15 is 0 Å². The molecule has 17 heavy (non-hydrogen) atoms. The minimum atomic E-state index is -0.591. The van der Waals surface area contributed by atoms with Crippen LogP contribution in [0.4, 0.5) is 0 Å². The van der Waals surface area contributed by atoms with Crippen LogP contribution in [0.5, 0.6) is 11.5 Å². The van der Waals surface area contributed by atoms with E-state index in [4.69, 9.17) is 10.5 Å². The molecule has 0 spiro atoms. The second-order valence-electron chi connectivity index (χ2n) is 3.51. The van der Waals surface area contributed by atoms with Gasteiger partial charge in [0.1, 0.15) is 0 Å². The third kappa shape index (κ3) is 3.10. The zero-order chi connectivity index (χ0) is 13.0. The molecular weight excluding hydrogens is 224 g/mol. The molecule has 0 bridgehead atoms. The van der Waals surface area contributed by atoms with E-state index < -0.39 is 5.91 Å². The number of nitrogens with zero attached hydrogens (tertiary/aromatic N) is 1. The van der Waals surface area contributed by atoms with Gasteiger partial charge in [-0.1, -0.05) is 0 Å². The number of hydrogen-bond acceptors (Lipinski definition) is 4. The Morgan fingerprint density at radius 1 is 1.47 bits per heavy atom. The first-order valence-corrected chi connectivity index (χ1v) is 4.86. The first-order chi connectivity index (χ1) is 7.95. The largest absolute Gasteiger partial charge is 0.504 e. The van der Waals surface area contributed by atoms with Crippen LogP contribution in [-0.2, 0) is 4.79 Å². The molecule has 6 nitrogen and oxygen atoms in total. The van der Waals surface area contributed by atoms with Gasteiger partial charge in [-0.15, -0.1) is 0 Å². The number of rotatable bonds is 4. The molecule has 92 valence electrons. The summed E-state index contributed by atoms with van der Waals surface area (Å²) in [7, 11) is 2.85. The third-order valence-electron chi connectivity index (χ3n) is 2.17. The molecule has 0 heterocycles. The fourth-order valence-corrected chi connectivity index (χ4v) is 1.34. The minimum Gasteiger partial charge on any atom is -0.504 e. The number of nitrogens with two attached hydrogens (primary N) is 1. The number of aromatic hydroxyl groups is 1. The second kappa shape index (κ2) is 5.20. The molecule has 0 aliphatic carbocycles. The van der Waals surface area contributed by atoms with E-state index in [0.717, 1.165) is 0 Å². The quantitative estimate of drug-likeness (QED) is 0.769. The first kappa shape index (κ1) is 12.8. The molecule has 3 N–H and O–H groups in total. The number of phenolic OH excluding ortho intramolecular Hbond substituents is 1. The molecule has 0 unspecified atom stereocenters. The summed E-state index contributed by atoms with van der Waals surface area (Å²) in [6, 6.07) is 4.19. The Hall–Kier alpha value is -2.24. The fraction of sp³-hybridized carbons (Fsp3) is 0.273. The van der Waals surface area contributed by atoms with E-state index in [1.165, 1.54) is 37.3 Å². The molecule has 1 aromatic rings. The SMILES string of the molecule is COc1cc(C(=O)N(C)CC(N)=O)ccc1O. The van der Waals surface area contributed by atoms with Gasteiger partial charge in [-0.05, 0) is 18.2 Å². The molecule has 1 rings (SSSR count). The van der Waals surface area contributed by atoms with Crippen LogP contribution in [-0.4, -0.2) is 42.5 Å².